The van der Waals surface area contributed by atoms with Crippen LogP contribution in [0.25, 0.3) is 5.57 Å². The lowest BCUT2D eigenvalue weighted by atomic mass is 9.78. The Morgan fingerprint density at radius 1 is 0.812 bits per heavy atom. The van der Waals surface area contributed by atoms with E-state index >= 15 is 0 Å². The van der Waals surface area contributed by atoms with Crippen molar-refractivity contribution in [2.24, 2.45) is 11.8 Å². The van der Waals surface area contributed by atoms with Gasteiger partial charge in [0.1, 0.15) is 0 Å². The summed E-state index contributed by atoms with van der Waals surface area (Å²) in [5, 5.41) is 0. The Bertz CT molecular complexity index is 832. The Balaban J connectivity index is 2.32. The average molecular weight is 436 g/mol. The Labute approximate surface area is 199 Å². The Morgan fingerprint density at radius 3 is 1.91 bits per heavy atom. The highest BCUT2D eigenvalue weighted by molar-refractivity contribution is 5.82. The van der Waals surface area contributed by atoms with Crippen molar-refractivity contribution in [1.82, 2.24) is 4.90 Å². The molecule has 1 aromatic carbocycles. The van der Waals surface area contributed by atoms with Crippen LogP contribution in [0.4, 0.5) is 0 Å². The lowest BCUT2D eigenvalue weighted by Crippen LogP contribution is -2.17. The number of hydrogen-bond donors (Lipinski definition) is 0. The second kappa shape index (κ2) is 12.5. The Morgan fingerprint density at radius 2 is 1.38 bits per heavy atom. The highest BCUT2D eigenvalue weighted by Gasteiger charge is 2.22. The maximum atomic E-state index is 4.24. The van der Waals surface area contributed by atoms with Crippen molar-refractivity contribution in [2.45, 2.75) is 106 Å². The third-order valence-electron chi connectivity index (χ3n) is 7.82. The van der Waals surface area contributed by atoms with Crippen LogP contribution in [0.2, 0.25) is 0 Å². The van der Waals surface area contributed by atoms with E-state index in [-0.39, 0.29) is 0 Å². The number of aryl methyl sites for hydroxylation is 2. The number of allylic oxidation sites excluding steroid dienone is 3. The second-order valence-corrected chi connectivity index (χ2v) is 10.1. The number of hydrogen-bond acceptors (Lipinski definition) is 1. The molecule has 32 heavy (non-hydrogen) atoms. The van der Waals surface area contributed by atoms with Crippen molar-refractivity contribution >= 4 is 5.57 Å². The highest BCUT2D eigenvalue weighted by atomic mass is 15.1. The zero-order valence-electron chi connectivity index (χ0n) is 22.4. The first-order chi connectivity index (χ1) is 15.3. The maximum absolute atomic E-state index is 4.24. The van der Waals surface area contributed by atoms with Crippen LogP contribution in [0, 0.1) is 18.8 Å². The molecule has 1 aliphatic heterocycles. The third kappa shape index (κ3) is 6.18. The molecule has 1 atom stereocenters. The molecule has 2 rings (SSSR count). The SMILES string of the molecule is C=C1C(C)=C(C)C(c2cc(C)c(CCC(CCC)C(CCC)CCC)c(CC)c2)=CN1C. The molecule has 0 aromatic heterocycles. The van der Waals surface area contributed by atoms with Crippen molar-refractivity contribution in [3.63, 3.8) is 0 Å². The van der Waals surface area contributed by atoms with Gasteiger partial charge in [-0.25, -0.2) is 0 Å². The molecule has 0 amide bonds. The van der Waals surface area contributed by atoms with Crippen LogP contribution in [-0.4, -0.2) is 11.9 Å². The number of likely N-dealkylation sites (N-methyl/N-ethyl adjacent to an activating group) is 1. The average Bonchev–Trinajstić information content (AvgIpc) is 2.77. The van der Waals surface area contributed by atoms with E-state index in [0.29, 0.717) is 0 Å². The molecule has 1 aromatic rings. The number of rotatable bonds is 12. The minimum absolute atomic E-state index is 0.872. The van der Waals surface area contributed by atoms with Gasteiger partial charge < -0.3 is 4.90 Å². The fourth-order valence-corrected chi connectivity index (χ4v) is 5.73. The van der Waals surface area contributed by atoms with Gasteiger partial charge in [-0.05, 0) is 85.3 Å². The normalized spacial score (nSPS) is 15.6. The topological polar surface area (TPSA) is 3.24 Å². The summed E-state index contributed by atoms with van der Waals surface area (Å²) in [6.07, 6.45) is 14.1. The van der Waals surface area contributed by atoms with Gasteiger partial charge in [0.25, 0.3) is 0 Å². The molecule has 1 nitrogen and oxygen atoms in total. The van der Waals surface area contributed by atoms with E-state index in [1.54, 1.807) is 5.56 Å². The van der Waals surface area contributed by atoms with Crippen LogP contribution < -0.4 is 0 Å². The van der Waals surface area contributed by atoms with Crippen molar-refractivity contribution in [1.29, 1.82) is 0 Å². The van der Waals surface area contributed by atoms with Crippen molar-refractivity contribution < 1.29 is 0 Å². The summed E-state index contributed by atoms with van der Waals surface area (Å²) >= 11 is 0. The largest absolute Gasteiger partial charge is 0.351 e. The van der Waals surface area contributed by atoms with Gasteiger partial charge in [0.15, 0.2) is 0 Å². The van der Waals surface area contributed by atoms with Gasteiger partial charge >= 0.3 is 0 Å². The summed E-state index contributed by atoms with van der Waals surface area (Å²) in [6.45, 7) is 20.4. The van der Waals surface area contributed by atoms with Gasteiger partial charge in [0, 0.05) is 24.5 Å². The summed E-state index contributed by atoms with van der Waals surface area (Å²) in [7, 11) is 2.11. The molecule has 1 heteroatoms. The molecule has 0 radical (unpaired) electrons. The van der Waals surface area contributed by atoms with Gasteiger partial charge in [-0.3, -0.25) is 0 Å². The molecule has 0 aliphatic carbocycles. The molecule has 0 N–H and O–H groups in total. The minimum Gasteiger partial charge on any atom is -0.351 e. The molecule has 1 aliphatic rings. The summed E-state index contributed by atoms with van der Waals surface area (Å²) in [5.41, 5.74) is 11.1. The third-order valence-corrected chi connectivity index (χ3v) is 7.82. The smallest absolute Gasteiger partial charge is 0.0363 e. The predicted molar refractivity (Wildman–Crippen MR) is 144 cm³/mol. The minimum atomic E-state index is 0.872. The number of nitrogens with zero attached hydrogens (tertiary/aromatic N) is 1. The molecule has 0 bridgehead atoms. The highest BCUT2D eigenvalue weighted by Crippen LogP contribution is 2.36. The van der Waals surface area contributed by atoms with Crippen LogP contribution in [-0.2, 0) is 12.8 Å². The van der Waals surface area contributed by atoms with Gasteiger partial charge in [-0.2, -0.15) is 0 Å². The monoisotopic (exact) mass is 435 g/mol. The van der Waals surface area contributed by atoms with Crippen LogP contribution >= 0.6 is 0 Å². The van der Waals surface area contributed by atoms with Crippen LogP contribution in [0.5, 0.6) is 0 Å². The van der Waals surface area contributed by atoms with E-state index in [1.165, 1.54) is 84.8 Å². The van der Waals surface area contributed by atoms with Gasteiger partial charge in [-0.15, -0.1) is 0 Å². The summed E-state index contributed by atoms with van der Waals surface area (Å²) in [6, 6.07) is 4.90. The van der Waals surface area contributed by atoms with Crippen molar-refractivity contribution in [2.75, 3.05) is 7.05 Å². The van der Waals surface area contributed by atoms with E-state index in [0.717, 1.165) is 24.0 Å². The summed E-state index contributed by atoms with van der Waals surface area (Å²) in [5.74, 6) is 1.78. The molecule has 178 valence electrons. The standard InChI is InChI=1S/C31H49N/c1-10-14-27(15-11-2)28(16-12-3)17-18-30-22(5)19-29(20-26(30)13-4)31-21-32(9)25(8)23(6)24(31)7/h19-21,27-28H,8,10-18H2,1-7,9H3. The zero-order valence-corrected chi connectivity index (χ0v) is 22.4. The fraction of sp³-hybridized carbons (Fsp3) is 0.613. The molecule has 0 spiro atoms. The van der Waals surface area contributed by atoms with E-state index in [9.17, 15) is 0 Å². The van der Waals surface area contributed by atoms with Gasteiger partial charge in [0.05, 0.1) is 0 Å². The first-order valence-electron chi connectivity index (χ1n) is 13.2. The van der Waals surface area contributed by atoms with E-state index in [1.807, 2.05) is 0 Å². The predicted octanol–water partition coefficient (Wildman–Crippen LogP) is 9.26. The molecular weight excluding hydrogens is 386 g/mol. The quantitative estimate of drug-likeness (QED) is 0.316. The fourth-order valence-electron chi connectivity index (χ4n) is 5.73. The number of benzene rings is 1. The van der Waals surface area contributed by atoms with Crippen molar-refractivity contribution in [3.05, 3.63) is 64.0 Å². The molecule has 0 saturated heterocycles. The molecular formula is C31H49N. The molecule has 0 saturated carbocycles. The lowest BCUT2D eigenvalue weighted by molar-refractivity contribution is 0.256. The van der Waals surface area contributed by atoms with E-state index in [2.05, 4.69) is 85.3 Å². The maximum Gasteiger partial charge on any atom is 0.0363 e. The molecule has 0 fully saturated rings. The summed E-state index contributed by atoms with van der Waals surface area (Å²) < 4.78 is 0. The van der Waals surface area contributed by atoms with Crippen LogP contribution in [0.15, 0.2) is 41.8 Å². The van der Waals surface area contributed by atoms with Crippen molar-refractivity contribution in [3.8, 4) is 0 Å². The van der Waals surface area contributed by atoms with Gasteiger partial charge in [-0.1, -0.05) is 84.9 Å². The first-order valence-corrected chi connectivity index (χ1v) is 13.2. The lowest BCUT2D eigenvalue weighted by Gasteiger charge is -2.29. The Hall–Kier alpha value is -1.76. The molecule has 1 unspecified atom stereocenters. The zero-order chi connectivity index (χ0) is 23.8. The first kappa shape index (κ1) is 26.5. The second-order valence-electron chi connectivity index (χ2n) is 10.1. The van der Waals surface area contributed by atoms with E-state index in [4.69, 9.17) is 0 Å². The Kier molecular flexibility index (Phi) is 10.3. The van der Waals surface area contributed by atoms with Crippen LogP contribution in [0.3, 0.4) is 0 Å². The van der Waals surface area contributed by atoms with E-state index < -0.39 is 0 Å². The van der Waals surface area contributed by atoms with Gasteiger partial charge in [0.2, 0.25) is 0 Å². The summed E-state index contributed by atoms with van der Waals surface area (Å²) in [4.78, 5) is 2.17. The van der Waals surface area contributed by atoms with Crippen LogP contribution in [0.1, 0.15) is 109 Å². The molecule has 1 heterocycles.